The number of hydrogen-bond donors (Lipinski definition) is 1. The Labute approximate surface area is 246 Å². The zero-order valence-electron chi connectivity index (χ0n) is 25.4. The van der Waals surface area contributed by atoms with Gasteiger partial charge < -0.3 is 24.3 Å². The van der Waals surface area contributed by atoms with Crippen LogP contribution in [0.25, 0.3) is 0 Å². The Kier molecular flexibility index (Phi) is 15.7. The molecule has 0 radical (unpaired) electrons. The predicted molar refractivity (Wildman–Crippen MR) is 162 cm³/mol. The van der Waals surface area contributed by atoms with E-state index in [1.807, 2.05) is 32.0 Å². The second-order valence-electron chi connectivity index (χ2n) is 9.87. The minimum Gasteiger partial charge on any atom is -0.493 e. The monoisotopic (exact) mass is 568 g/mol. The molecule has 1 aliphatic carbocycles. The number of carbonyl (C=O) groups is 2. The lowest BCUT2D eigenvalue weighted by molar-refractivity contribution is -0.147. The number of hydrogen-bond acceptors (Lipinski definition) is 7. The maximum absolute atomic E-state index is 12.4. The number of carbonyl (C=O) groups excluding carboxylic acids is 2. The van der Waals surface area contributed by atoms with Crippen molar-refractivity contribution in [3.05, 3.63) is 47.7 Å². The van der Waals surface area contributed by atoms with Crippen LogP contribution in [0, 0.1) is 12.3 Å². The van der Waals surface area contributed by atoms with Gasteiger partial charge in [0.15, 0.2) is 11.5 Å². The van der Waals surface area contributed by atoms with Crippen LogP contribution in [0.1, 0.15) is 71.3 Å². The predicted octanol–water partition coefficient (Wildman–Crippen LogP) is 5.21. The topological polar surface area (TPSA) is 86.3 Å². The van der Waals surface area contributed by atoms with Crippen LogP contribution >= 0.6 is 0 Å². The molecule has 1 aliphatic heterocycles. The summed E-state index contributed by atoms with van der Waals surface area (Å²) in [5, 5.41) is 2.71. The van der Waals surface area contributed by atoms with Crippen LogP contribution in [-0.2, 0) is 25.5 Å². The summed E-state index contributed by atoms with van der Waals surface area (Å²) in [6, 6.07) is 6.32. The minimum absolute atomic E-state index is 0.117. The van der Waals surface area contributed by atoms with Gasteiger partial charge >= 0.3 is 5.97 Å². The van der Waals surface area contributed by atoms with Crippen molar-refractivity contribution in [3.63, 3.8) is 0 Å². The van der Waals surface area contributed by atoms with Gasteiger partial charge in [0.2, 0.25) is 5.91 Å². The maximum atomic E-state index is 12.4. The Balaban J connectivity index is 0.00000287. The van der Waals surface area contributed by atoms with Crippen molar-refractivity contribution in [2.75, 3.05) is 33.9 Å². The van der Waals surface area contributed by atoms with Crippen LogP contribution in [0.2, 0.25) is 0 Å². The van der Waals surface area contributed by atoms with Crippen molar-refractivity contribution >= 4 is 11.9 Å². The van der Waals surface area contributed by atoms with E-state index in [9.17, 15) is 9.59 Å². The molecule has 0 aromatic heterocycles. The molecule has 0 spiro atoms. The van der Waals surface area contributed by atoms with Gasteiger partial charge in [-0.15, -0.1) is 6.42 Å². The van der Waals surface area contributed by atoms with Crippen LogP contribution in [0.15, 0.2) is 42.1 Å². The quantitative estimate of drug-likeness (QED) is 0.199. The fourth-order valence-corrected chi connectivity index (χ4v) is 5.19. The van der Waals surface area contributed by atoms with Crippen LogP contribution in [0.4, 0.5) is 0 Å². The maximum Gasteiger partial charge on any atom is 0.309 e. The number of benzene rings is 1. The number of ether oxygens (including phenoxy) is 4. The summed E-state index contributed by atoms with van der Waals surface area (Å²) in [5.41, 5.74) is 1.63. The third-order valence-corrected chi connectivity index (χ3v) is 7.21. The van der Waals surface area contributed by atoms with E-state index in [0.29, 0.717) is 24.8 Å². The molecule has 1 N–H and O–H groups in total. The summed E-state index contributed by atoms with van der Waals surface area (Å²) in [6.45, 7) is 8.03. The second kappa shape index (κ2) is 19.0. The zero-order chi connectivity index (χ0) is 30.0. The highest BCUT2D eigenvalue weighted by molar-refractivity contribution is 5.78. The largest absolute Gasteiger partial charge is 0.493 e. The summed E-state index contributed by atoms with van der Waals surface area (Å²) in [5.74, 6) is 3.42. The van der Waals surface area contributed by atoms with E-state index in [2.05, 4.69) is 16.1 Å². The number of methoxy groups -OCH3 is 2. The summed E-state index contributed by atoms with van der Waals surface area (Å²) < 4.78 is 22.9. The van der Waals surface area contributed by atoms with Crippen LogP contribution < -0.4 is 14.8 Å². The first-order valence-corrected chi connectivity index (χ1v) is 14.9. The van der Waals surface area contributed by atoms with Crippen molar-refractivity contribution in [1.82, 2.24) is 10.2 Å². The first kappa shape index (κ1) is 33.9. The molecular formula is C33H48N2O6. The third kappa shape index (κ3) is 11.3. The van der Waals surface area contributed by atoms with E-state index in [1.54, 1.807) is 33.3 Å². The average molecular weight is 569 g/mol. The Hall–Kier alpha value is -3.28. The SMILES string of the molecule is C#C/C=C(\C=C/CC(=O)O[C@@H]1CCN([C@@H]2CCCCC2OCCc2ccc(OC)c(OC)c2)C1)NC(=O)CC.CC. The Morgan fingerprint density at radius 2 is 1.88 bits per heavy atom. The standard InChI is InChI=1S/C31H42N2O6.C2H6/c1-5-10-24(32-30(34)6-2)11-9-14-31(35)39-25-17-19-33(22-25)26-12-7-8-13-27(26)38-20-18-23-15-16-28(36-3)29(21-23)37-4;1-2/h1,9-11,15-16,21,25-27H,6-8,12-14,17-20,22H2,2-4H3,(H,32,34);1-2H3/b11-9-,24-10+;/t25-,26-,27?;/m1./s1. The molecule has 226 valence electrons. The molecule has 1 saturated carbocycles. The summed E-state index contributed by atoms with van der Waals surface area (Å²) in [7, 11) is 3.28. The van der Waals surface area contributed by atoms with Crippen LogP contribution in [-0.4, -0.2) is 68.9 Å². The van der Waals surface area contributed by atoms with Gasteiger partial charge in [0.05, 0.1) is 33.4 Å². The van der Waals surface area contributed by atoms with Crippen molar-refractivity contribution < 1.29 is 28.5 Å². The lowest BCUT2D eigenvalue weighted by Gasteiger charge is -2.37. The molecule has 1 aromatic rings. The van der Waals surface area contributed by atoms with Gasteiger partial charge in [-0.3, -0.25) is 14.5 Å². The lowest BCUT2D eigenvalue weighted by Crippen LogP contribution is -2.46. The lowest BCUT2D eigenvalue weighted by atomic mass is 9.91. The molecule has 0 bridgehead atoms. The highest BCUT2D eigenvalue weighted by Gasteiger charge is 2.36. The molecule has 1 amide bonds. The Morgan fingerprint density at radius 1 is 1.12 bits per heavy atom. The number of nitrogens with zero attached hydrogens (tertiary/aromatic N) is 1. The minimum atomic E-state index is -0.286. The molecule has 8 nitrogen and oxygen atoms in total. The molecule has 2 fully saturated rings. The van der Waals surface area contributed by atoms with Gasteiger partial charge in [0, 0.05) is 37.3 Å². The summed E-state index contributed by atoms with van der Waals surface area (Å²) in [4.78, 5) is 26.5. The van der Waals surface area contributed by atoms with Crippen LogP contribution in [0.3, 0.4) is 0 Å². The number of nitrogens with one attached hydrogen (secondary N) is 1. The second-order valence-corrected chi connectivity index (χ2v) is 9.87. The van der Waals surface area contributed by atoms with Crippen molar-refractivity contribution in [2.45, 2.75) is 90.4 Å². The molecular weight excluding hydrogens is 520 g/mol. The first-order chi connectivity index (χ1) is 20.0. The van der Waals surface area contributed by atoms with Crippen molar-refractivity contribution in [1.29, 1.82) is 0 Å². The van der Waals surface area contributed by atoms with Crippen molar-refractivity contribution in [3.8, 4) is 23.8 Å². The highest BCUT2D eigenvalue weighted by atomic mass is 16.5. The third-order valence-electron chi connectivity index (χ3n) is 7.21. The van der Waals surface area contributed by atoms with Crippen LogP contribution in [0.5, 0.6) is 11.5 Å². The molecule has 2 aliphatic rings. The first-order valence-electron chi connectivity index (χ1n) is 14.9. The number of esters is 1. The molecule has 41 heavy (non-hydrogen) atoms. The smallest absolute Gasteiger partial charge is 0.309 e. The van der Waals surface area contributed by atoms with Gasteiger partial charge in [0.1, 0.15) is 6.10 Å². The molecule has 3 atom stereocenters. The van der Waals surface area contributed by atoms with E-state index < -0.39 is 0 Å². The van der Waals surface area contributed by atoms with E-state index >= 15 is 0 Å². The summed E-state index contributed by atoms with van der Waals surface area (Å²) in [6.07, 6.45) is 16.7. The normalized spacial score (nSPS) is 21.0. The van der Waals surface area contributed by atoms with Gasteiger partial charge in [0.25, 0.3) is 0 Å². The van der Waals surface area contributed by atoms with Crippen molar-refractivity contribution in [2.24, 2.45) is 0 Å². The number of rotatable bonds is 13. The Bertz CT molecular complexity index is 1060. The highest BCUT2D eigenvalue weighted by Crippen LogP contribution is 2.30. The fourth-order valence-electron chi connectivity index (χ4n) is 5.19. The molecule has 3 rings (SSSR count). The number of amides is 1. The zero-order valence-corrected chi connectivity index (χ0v) is 25.4. The van der Waals surface area contributed by atoms with Gasteiger partial charge in [-0.1, -0.05) is 51.7 Å². The molecule has 1 aromatic carbocycles. The van der Waals surface area contributed by atoms with Gasteiger partial charge in [-0.2, -0.15) is 0 Å². The van der Waals surface area contributed by atoms with E-state index in [1.165, 1.54) is 18.9 Å². The summed E-state index contributed by atoms with van der Waals surface area (Å²) >= 11 is 0. The van der Waals surface area contributed by atoms with E-state index in [4.69, 9.17) is 25.4 Å². The molecule has 1 heterocycles. The van der Waals surface area contributed by atoms with E-state index in [0.717, 1.165) is 55.8 Å². The van der Waals surface area contributed by atoms with Gasteiger partial charge in [-0.25, -0.2) is 0 Å². The number of allylic oxidation sites excluding steroid dienone is 2. The average Bonchev–Trinajstić information content (AvgIpc) is 3.46. The molecule has 1 saturated heterocycles. The molecule has 8 heteroatoms. The molecule has 1 unspecified atom stereocenters. The fraction of sp³-hybridized carbons (Fsp3) is 0.576. The number of terminal acetylenes is 1. The Morgan fingerprint density at radius 3 is 2.59 bits per heavy atom. The van der Waals surface area contributed by atoms with E-state index in [-0.39, 0.29) is 30.5 Å². The van der Waals surface area contributed by atoms with Gasteiger partial charge in [-0.05, 0) is 49.5 Å². The number of likely N-dealkylation sites (tertiary alicyclic amines) is 1.